The third kappa shape index (κ3) is 3.90. The van der Waals surface area contributed by atoms with Crippen molar-refractivity contribution in [2.45, 2.75) is 6.42 Å². The van der Waals surface area contributed by atoms with Crippen LogP contribution in [0.4, 0.5) is 5.69 Å². The molecular weight excluding hydrogens is 222 g/mol. The minimum absolute atomic E-state index is 0.728. The number of nitrogens with one attached hydrogen (secondary N) is 1. The molecule has 0 aromatic heterocycles. The molecule has 18 heavy (non-hydrogen) atoms. The van der Waals surface area contributed by atoms with E-state index in [1.807, 2.05) is 6.07 Å². The fraction of sp³-hybridized carbons (Fsp3) is 0.250. The van der Waals surface area contributed by atoms with E-state index in [1.165, 1.54) is 11.1 Å². The molecule has 94 valence electrons. The van der Waals surface area contributed by atoms with Gasteiger partial charge in [-0.3, -0.25) is 0 Å². The molecular formula is C16H19NO. The fourth-order valence-corrected chi connectivity index (χ4v) is 1.87. The highest BCUT2D eigenvalue weighted by Gasteiger charge is 1.96. The quantitative estimate of drug-likeness (QED) is 0.783. The zero-order valence-corrected chi connectivity index (χ0v) is 10.7. The Morgan fingerprint density at radius 2 is 1.56 bits per heavy atom. The Morgan fingerprint density at radius 1 is 0.889 bits per heavy atom. The van der Waals surface area contributed by atoms with E-state index in [4.69, 9.17) is 4.74 Å². The predicted octanol–water partition coefficient (Wildman–Crippen LogP) is 3.34. The lowest BCUT2D eigenvalue weighted by Crippen LogP contribution is -2.07. The molecule has 0 fully saturated rings. The van der Waals surface area contributed by atoms with Gasteiger partial charge in [0.25, 0.3) is 0 Å². The molecule has 0 aliphatic rings. The summed E-state index contributed by atoms with van der Waals surface area (Å²) in [6.07, 6.45) is 0.985. The van der Waals surface area contributed by atoms with Gasteiger partial charge >= 0.3 is 0 Å². The first-order valence-electron chi connectivity index (χ1n) is 6.24. The average molecular weight is 241 g/mol. The molecule has 0 saturated carbocycles. The van der Waals surface area contributed by atoms with E-state index in [9.17, 15) is 0 Å². The Bertz CT molecular complexity index is 450. The Kier molecular flexibility index (Phi) is 4.79. The summed E-state index contributed by atoms with van der Waals surface area (Å²) < 4.78 is 5.00. The summed E-state index contributed by atoms with van der Waals surface area (Å²) in [5.41, 5.74) is 3.82. The first kappa shape index (κ1) is 12.7. The van der Waals surface area contributed by atoms with E-state index in [1.54, 1.807) is 7.11 Å². The average Bonchev–Trinajstić information content (AvgIpc) is 2.42. The van der Waals surface area contributed by atoms with Crippen molar-refractivity contribution in [2.24, 2.45) is 0 Å². The van der Waals surface area contributed by atoms with Crippen LogP contribution in [0, 0.1) is 0 Å². The molecule has 0 atom stereocenters. The maximum absolute atomic E-state index is 5.00. The second-order valence-electron chi connectivity index (χ2n) is 4.28. The minimum atomic E-state index is 0.728. The molecule has 0 radical (unpaired) electrons. The van der Waals surface area contributed by atoms with E-state index in [0.717, 1.165) is 25.3 Å². The van der Waals surface area contributed by atoms with Gasteiger partial charge in [-0.25, -0.2) is 0 Å². The molecule has 0 spiro atoms. The highest BCUT2D eigenvalue weighted by atomic mass is 16.5. The predicted molar refractivity (Wildman–Crippen MR) is 76.1 cm³/mol. The number of hydrogen-bond donors (Lipinski definition) is 1. The van der Waals surface area contributed by atoms with E-state index in [-0.39, 0.29) is 0 Å². The van der Waals surface area contributed by atoms with Crippen LogP contribution in [0.15, 0.2) is 54.6 Å². The van der Waals surface area contributed by atoms with Crippen molar-refractivity contribution in [3.8, 4) is 0 Å². The van der Waals surface area contributed by atoms with Gasteiger partial charge < -0.3 is 10.1 Å². The molecule has 0 saturated heterocycles. The Morgan fingerprint density at radius 3 is 2.22 bits per heavy atom. The van der Waals surface area contributed by atoms with Gasteiger partial charge in [-0.05, 0) is 29.7 Å². The fourth-order valence-electron chi connectivity index (χ4n) is 1.87. The van der Waals surface area contributed by atoms with Crippen LogP contribution >= 0.6 is 0 Å². The first-order valence-corrected chi connectivity index (χ1v) is 6.24. The van der Waals surface area contributed by atoms with Crippen molar-refractivity contribution in [2.75, 3.05) is 25.6 Å². The summed E-state index contributed by atoms with van der Waals surface area (Å²) in [5.74, 6) is 0. The van der Waals surface area contributed by atoms with Crippen LogP contribution in [-0.2, 0) is 11.2 Å². The lowest BCUT2D eigenvalue weighted by Gasteiger charge is -2.07. The van der Waals surface area contributed by atoms with E-state index < -0.39 is 0 Å². The monoisotopic (exact) mass is 241 g/mol. The smallest absolute Gasteiger partial charge is 0.0635 e. The number of anilines is 1. The van der Waals surface area contributed by atoms with E-state index in [0.29, 0.717) is 0 Å². The van der Waals surface area contributed by atoms with Gasteiger partial charge in [0.1, 0.15) is 0 Å². The molecule has 0 aliphatic heterocycles. The second-order valence-corrected chi connectivity index (χ2v) is 4.28. The van der Waals surface area contributed by atoms with Gasteiger partial charge in [-0.2, -0.15) is 0 Å². The molecule has 0 bridgehead atoms. The van der Waals surface area contributed by atoms with Gasteiger partial charge in [0.15, 0.2) is 0 Å². The van der Waals surface area contributed by atoms with Gasteiger partial charge in [0.2, 0.25) is 0 Å². The lowest BCUT2D eigenvalue weighted by atomic mass is 10.0. The van der Waals surface area contributed by atoms with Gasteiger partial charge in [-0.1, -0.05) is 42.5 Å². The number of methoxy groups -OCH3 is 1. The molecule has 2 nitrogen and oxygen atoms in total. The Balaban J connectivity index is 1.91. The maximum Gasteiger partial charge on any atom is 0.0635 e. The molecule has 2 aromatic carbocycles. The van der Waals surface area contributed by atoms with Crippen LogP contribution in [0.5, 0.6) is 0 Å². The van der Waals surface area contributed by atoms with Crippen LogP contribution in [0.2, 0.25) is 0 Å². The maximum atomic E-state index is 5.00. The zero-order chi connectivity index (χ0) is 12.6. The molecule has 2 aromatic rings. The normalized spacial score (nSPS) is 10.3. The number of rotatable bonds is 6. The van der Waals surface area contributed by atoms with Crippen molar-refractivity contribution in [1.82, 2.24) is 0 Å². The molecule has 0 amide bonds. The molecule has 2 rings (SSSR count). The van der Waals surface area contributed by atoms with Gasteiger partial charge in [0.05, 0.1) is 6.61 Å². The number of hydrogen-bond acceptors (Lipinski definition) is 2. The second kappa shape index (κ2) is 6.82. The minimum Gasteiger partial charge on any atom is -0.383 e. The number of benzene rings is 2. The molecule has 1 N–H and O–H groups in total. The molecule has 0 heterocycles. The molecule has 0 aliphatic carbocycles. The zero-order valence-electron chi connectivity index (χ0n) is 10.7. The standard InChI is InChI=1S/C16H19NO/c1-18-12-11-17-16-9-7-15(8-10-16)13-14-5-3-2-4-6-14/h2-10,17H,11-13H2,1H3. The largest absolute Gasteiger partial charge is 0.383 e. The van der Waals surface area contributed by atoms with E-state index >= 15 is 0 Å². The first-order chi connectivity index (χ1) is 8.88. The van der Waals surface area contributed by atoms with Crippen LogP contribution in [0.1, 0.15) is 11.1 Å². The Labute approximate surface area is 109 Å². The summed E-state index contributed by atoms with van der Waals surface area (Å²) in [4.78, 5) is 0. The van der Waals surface area contributed by atoms with E-state index in [2.05, 4.69) is 53.8 Å². The van der Waals surface area contributed by atoms with Crippen LogP contribution in [0.25, 0.3) is 0 Å². The summed E-state index contributed by atoms with van der Waals surface area (Å²) in [5, 5.41) is 3.31. The van der Waals surface area contributed by atoms with Crippen LogP contribution in [-0.4, -0.2) is 20.3 Å². The van der Waals surface area contributed by atoms with Crippen molar-refractivity contribution >= 4 is 5.69 Å². The summed E-state index contributed by atoms with van der Waals surface area (Å²) in [6, 6.07) is 19.1. The molecule has 2 heteroatoms. The van der Waals surface area contributed by atoms with Crippen molar-refractivity contribution in [1.29, 1.82) is 0 Å². The SMILES string of the molecule is COCCNc1ccc(Cc2ccccc2)cc1. The summed E-state index contributed by atoms with van der Waals surface area (Å²) in [6.45, 7) is 1.57. The third-order valence-corrected chi connectivity index (χ3v) is 2.84. The molecule has 0 unspecified atom stereocenters. The topological polar surface area (TPSA) is 21.3 Å². The van der Waals surface area contributed by atoms with Crippen molar-refractivity contribution in [3.05, 3.63) is 65.7 Å². The van der Waals surface area contributed by atoms with Crippen LogP contribution in [0.3, 0.4) is 0 Å². The van der Waals surface area contributed by atoms with Crippen LogP contribution < -0.4 is 5.32 Å². The van der Waals surface area contributed by atoms with Gasteiger partial charge in [-0.15, -0.1) is 0 Å². The third-order valence-electron chi connectivity index (χ3n) is 2.84. The number of ether oxygens (including phenoxy) is 1. The van der Waals surface area contributed by atoms with Crippen molar-refractivity contribution in [3.63, 3.8) is 0 Å². The van der Waals surface area contributed by atoms with Crippen molar-refractivity contribution < 1.29 is 4.74 Å². The highest BCUT2D eigenvalue weighted by molar-refractivity contribution is 5.45. The summed E-state index contributed by atoms with van der Waals surface area (Å²) >= 11 is 0. The highest BCUT2D eigenvalue weighted by Crippen LogP contribution is 2.13. The Hall–Kier alpha value is -1.80. The van der Waals surface area contributed by atoms with Gasteiger partial charge in [0, 0.05) is 19.3 Å². The lowest BCUT2D eigenvalue weighted by molar-refractivity contribution is 0.211. The summed E-state index contributed by atoms with van der Waals surface area (Å²) in [7, 11) is 1.71.